The molecule has 4 aromatic rings. The molecule has 2 fully saturated rings. The van der Waals surface area contributed by atoms with Crippen LogP contribution in [-0.2, 0) is 44.1 Å². The van der Waals surface area contributed by atoms with Gasteiger partial charge in [0.05, 0.1) is 30.9 Å². The average molecular weight is 645 g/mol. The van der Waals surface area contributed by atoms with E-state index < -0.39 is 30.2 Å². The number of carbonyl (C=O) groups is 3. The Labute approximate surface area is 268 Å². The Kier molecular flexibility index (Phi) is 9.68. The minimum Gasteiger partial charge on any atom is -0.445 e. The first-order valence-electron chi connectivity index (χ1n) is 14.7. The number of aliphatic hydroxyl groups excluding tert-OH is 1. The van der Waals surface area contributed by atoms with Gasteiger partial charge in [0, 0.05) is 24.8 Å². The maximum absolute atomic E-state index is 13.1. The number of nitrogens with one attached hydrogen (secondary N) is 1. The van der Waals surface area contributed by atoms with Crippen LogP contribution in [-0.4, -0.2) is 61.1 Å². The number of rotatable bonds is 10. The molecule has 3 heterocycles. The second-order valence-electron chi connectivity index (χ2n) is 10.9. The van der Waals surface area contributed by atoms with Crippen molar-refractivity contribution in [3.8, 4) is 0 Å². The van der Waals surface area contributed by atoms with Crippen LogP contribution in [0.1, 0.15) is 47.5 Å². The third-order valence-corrected chi connectivity index (χ3v) is 8.81. The molecule has 3 aromatic carbocycles. The van der Waals surface area contributed by atoms with Gasteiger partial charge in [0.25, 0.3) is 5.91 Å². The van der Waals surface area contributed by atoms with Gasteiger partial charge in [-0.3, -0.25) is 9.59 Å². The molecule has 3 amide bonds. The second-order valence-corrected chi connectivity index (χ2v) is 11.9. The van der Waals surface area contributed by atoms with Crippen LogP contribution < -0.4 is 10.2 Å². The van der Waals surface area contributed by atoms with Crippen LogP contribution in [0.3, 0.4) is 0 Å². The molecule has 0 bridgehead atoms. The molecule has 0 saturated carbocycles. The fourth-order valence-corrected chi connectivity index (χ4v) is 6.10. The molecule has 46 heavy (non-hydrogen) atoms. The molecule has 0 radical (unpaired) electrons. The van der Waals surface area contributed by atoms with Crippen molar-refractivity contribution in [3.05, 3.63) is 101 Å². The van der Waals surface area contributed by atoms with Gasteiger partial charge in [-0.25, -0.2) is 14.4 Å². The van der Waals surface area contributed by atoms with E-state index in [4.69, 9.17) is 14.2 Å². The smallest absolute Gasteiger partial charge is 0.408 e. The van der Waals surface area contributed by atoms with Gasteiger partial charge in [0.1, 0.15) is 12.6 Å². The van der Waals surface area contributed by atoms with Crippen molar-refractivity contribution < 1.29 is 33.7 Å². The largest absolute Gasteiger partial charge is 0.445 e. The molecule has 2 aliphatic heterocycles. The van der Waals surface area contributed by atoms with Gasteiger partial charge in [-0.15, -0.1) is 5.10 Å². The molecule has 4 atom stereocenters. The van der Waals surface area contributed by atoms with Gasteiger partial charge in [-0.2, -0.15) is 0 Å². The molecular weight excluding hydrogens is 612 g/mol. The van der Waals surface area contributed by atoms with Crippen LogP contribution in [0.4, 0.5) is 10.5 Å². The summed E-state index contributed by atoms with van der Waals surface area (Å²) < 4.78 is 19.6. The van der Waals surface area contributed by atoms with Crippen LogP contribution >= 0.6 is 11.8 Å². The summed E-state index contributed by atoms with van der Waals surface area (Å²) in [4.78, 5) is 39.4. The molecule has 0 spiro atoms. The molecule has 0 aliphatic carbocycles. The van der Waals surface area contributed by atoms with Crippen molar-refractivity contribution in [1.29, 1.82) is 0 Å². The number of imide groups is 1. The van der Waals surface area contributed by atoms with E-state index in [2.05, 4.69) is 20.8 Å². The van der Waals surface area contributed by atoms with Gasteiger partial charge >= 0.3 is 6.09 Å². The highest BCUT2D eigenvalue weighted by Crippen LogP contribution is 2.39. The number of nitrogens with zero attached hydrogens (tertiary/aromatic N) is 5. The zero-order chi connectivity index (χ0) is 32.0. The third kappa shape index (κ3) is 7.26. The van der Waals surface area contributed by atoms with E-state index >= 15 is 0 Å². The molecule has 2 aliphatic rings. The van der Waals surface area contributed by atoms with Crippen molar-refractivity contribution in [1.82, 2.24) is 25.5 Å². The summed E-state index contributed by atoms with van der Waals surface area (Å²) in [5, 5.41) is 24.2. The zero-order valence-corrected chi connectivity index (χ0v) is 25.7. The summed E-state index contributed by atoms with van der Waals surface area (Å²) in [6, 6.07) is 22.5. The summed E-state index contributed by atoms with van der Waals surface area (Å²) in [6.07, 6.45) is -1.59. The van der Waals surface area contributed by atoms with E-state index in [0.717, 1.165) is 21.6 Å². The number of aryl methyl sites for hydroxylation is 1. The Morgan fingerprint density at radius 3 is 2.43 bits per heavy atom. The number of thioether (sulfide) groups is 1. The van der Waals surface area contributed by atoms with Crippen LogP contribution in [0.15, 0.2) is 84.0 Å². The lowest BCUT2D eigenvalue weighted by molar-refractivity contribution is -0.245. The minimum atomic E-state index is -1.03. The van der Waals surface area contributed by atoms with Crippen molar-refractivity contribution in [2.75, 3.05) is 10.7 Å². The third-order valence-electron chi connectivity index (χ3n) is 7.67. The summed E-state index contributed by atoms with van der Waals surface area (Å²) in [5.41, 5.74) is 3.63. The normalized spacial score (nSPS) is 21.4. The summed E-state index contributed by atoms with van der Waals surface area (Å²) >= 11 is 1.48. The number of tetrazole rings is 1. The lowest BCUT2D eigenvalue weighted by Gasteiger charge is -2.36. The number of carbonyl (C=O) groups excluding carboxylic acids is 3. The SMILES string of the molecule is Cn1nnnc1SC[C@H]1C[C@@H](c2ccc(CO)cc2)O[C@@H](c2ccc(N3C(=O)CC(NC(=O)OCc4ccccc4)C3=O)cc2)O1. The first kappa shape index (κ1) is 31.4. The summed E-state index contributed by atoms with van der Waals surface area (Å²) in [5.74, 6) is -0.393. The van der Waals surface area contributed by atoms with Gasteiger partial charge in [-0.1, -0.05) is 78.5 Å². The van der Waals surface area contributed by atoms with Gasteiger partial charge < -0.3 is 24.6 Å². The number of hydrogen-bond acceptors (Lipinski definition) is 11. The van der Waals surface area contributed by atoms with Crippen molar-refractivity contribution in [2.24, 2.45) is 7.05 Å². The number of amides is 3. The van der Waals surface area contributed by atoms with Crippen LogP contribution in [0, 0.1) is 0 Å². The Hall–Kier alpha value is -4.63. The van der Waals surface area contributed by atoms with E-state index in [-0.39, 0.29) is 31.8 Å². The fourth-order valence-electron chi connectivity index (χ4n) is 5.24. The lowest BCUT2D eigenvalue weighted by Crippen LogP contribution is -2.42. The van der Waals surface area contributed by atoms with Crippen LogP contribution in [0.25, 0.3) is 0 Å². The summed E-state index contributed by atoms with van der Waals surface area (Å²) in [7, 11) is 1.77. The highest BCUT2D eigenvalue weighted by atomic mass is 32.2. The number of aromatic nitrogens is 4. The number of benzene rings is 3. The Morgan fingerprint density at radius 2 is 1.74 bits per heavy atom. The number of hydrogen-bond donors (Lipinski definition) is 2. The second kappa shape index (κ2) is 14.2. The van der Waals surface area contributed by atoms with Crippen molar-refractivity contribution in [2.45, 2.75) is 55.8 Å². The molecule has 13 nitrogen and oxygen atoms in total. The number of ether oxygens (including phenoxy) is 3. The maximum atomic E-state index is 13.1. The number of aliphatic hydroxyl groups is 1. The van der Waals surface area contributed by atoms with E-state index in [1.165, 1.54) is 11.8 Å². The summed E-state index contributed by atoms with van der Waals surface area (Å²) in [6.45, 7) is -0.00409. The molecular formula is C32H32N6O7S. The number of alkyl carbamates (subject to hydrolysis) is 1. The lowest BCUT2D eigenvalue weighted by atomic mass is 10.0. The van der Waals surface area contributed by atoms with Gasteiger partial charge in [0.15, 0.2) is 6.29 Å². The molecule has 14 heteroatoms. The van der Waals surface area contributed by atoms with E-state index in [1.54, 1.807) is 36.0 Å². The average Bonchev–Trinajstić information content (AvgIpc) is 3.63. The number of anilines is 1. The van der Waals surface area contributed by atoms with E-state index in [1.807, 2.05) is 54.6 Å². The maximum Gasteiger partial charge on any atom is 0.408 e. The van der Waals surface area contributed by atoms with Crippen LogP contribution in [0.5, 0.6) is 0 Å². The molecule has 238 valence electrons. The minimum absolute atomic E-state index is 0.0454. The molecule has 1 aromatic heterocycles. The van der Waals surface area contributed by atoms with Gasteiger partial charge in [0.2, 0.25) is 11.1 Å². The quantitative estimate of drug-likeness (QED) is 0.192. The Morgan fingerprint density at radius 1 is 1.00 bits per heavy atom. The highest BCUT2D eigenvalue weighted by Gasteiger charge is 2.41. The zero-order valence-electron chi connectivity index (χ0n) is 24.9. The molecule has 2 N–H and O–H groups in total. The van der Waals surface area contributed by atoms with E-state index in [0.29, 0.717) is 28.6 Å². The Balaban J connectivity index is 1.12. The first-order valence-corrected chi connectivity index (χ1v) is 15.7. The predicted octanol–water partition coefficient (Wildman–Crippen LogP) is 3.60. The predicted molar refractivity (Wildman–Crippen MR) is 165 cm³/mol. The molecule has 2 saturated heterocycles. The fraction of sp³-hybridized carbons (Fsp3) is 0.312. The van der Waals surface area contributed by atoms with Crippen molar-refractivity contribution in [3.63, 3.8) is 0 Å². The van der Waals surface area contributed by atoms with Crippen molar-refractivity contribution >= 4 is 35.4 Å². The monoisotopic (exact) mass is 644 g/mol. The van der Waals surface area contributed by atoms with E-state index in [9.17, 15) is 19.5 Å². The molecule has 6 rings (SSSR count). The van der Waals surface area contributed by atoms with Gasteiger partial charge in [-0.05, 0) is 39.2 Å². The molecule has 1 unspecified atom stereocenters. The first-order chi connectivity index (χ1) is 22.4. The standard InChI is InChI=1S/C32H32N6O7S/c1-37-31(34-35-36-37)46-19-25-15-27(22-9-7-20(17-39)8-10-22)45-30(44-25)23-11-13-24(14-12-23)38-28(40)16-26(29(38)41)33-32(42)43-18-21-5-3-2-4-6-21/h2-14,25-27,30,39H,15-19H2,1H3,(H,33,42)/t25-,26?,27+,30+/m1/s1. The Bertz CT molecular complexity index is 1670. The highest BCUT2D eigenvalue weighted by molar-refractivity contribution is 7.99. The van der Waals surface area contributed by atoms with Crippen LogP contribution in [0.2, 0.25) is 0 Å². The topological polar surface area (TPSA) is 158 Å².